The first kappa shape index (κ1) is 13.6. The molecular weight excluding hydrogens is 247 g/mol. The smallest absolute Gasteiger partial charge is 0.180 e. The molecule has 1 aromatic rings. The van der Waals surface area contributed by atoms with Crippen LogP contribution in [-0.4, -0.2) is 17.3 Å². The minimum atomic E-state index is -1.21. The minimum Gasteiger partial charge on any atom is -0.298 e. The first-order valence-corrected chi connectivity index (χ1v) is 6.15. The van der Waals surface area contributed by atoms with Crippen LogP contribution in [0, 0.1) is 17.2 Å². The molecule has 1 aromatic carbocycles. The number of Topliss-reactive ketones (excluding diaryl/α,β-unsaturated/α-hetero) is 3. The zero-order valence-electron chi connectivity index (χ0n) is 10.9. The van der Waals surface area contributed by atoms with E-state index < -0.39 is 17.5 Å². The molecule has 1 saturated carbocycles. The van der Waals surface area contributed by atoms with E-state index in [0.717, 1.165) is 12.1 Å². The van der Waals surface area contributed by atoms with Gasteiger partial charge >= 0.3 is 0 Å². The molecule has 0 aromatic heterocycles. The number of hydrogen-bond acceptors (Lipinski definition) is 3. The van der Waals surface area contributed by atoms with Crippen LogP contribution in [0.3, 0.4) is 0 Å². The van der Waals surface area contributed by atoms with Gasteiger partial charge in [-0.15, -0.1) is 0 Å². The van der Waals surface area contributed by atoms with E-state index in [1.54, 1.807) is 0 Å². The van der Waals surface area contributed by atoms with Crippen molar-refractivity contribution in [2.75, 3.05) is 0 Å². The van der Waals surface area contributed by atoms with Crippen LogP contribution in [0.4, 0.5) is 4.39 Å². The van der Waals surface area contributed by atoms with Crippen molar-refractivity contribution in [1.29, 1.82) is 0 Å². The number of carbonyl (C=O) groups excluding carboxylic acids is 3. The highest BCUT2D eigenvalue weighted by Crippen LogP contribution is 2.35. The minimum absolute atomic E-state index is 0.202. The highest BCUT2D eigenvalue weighted by molar-refractivity contribution is 6.25. The van der Waals surface area contributed by atoms with Crippen LogP contribution in [0.5, 0.6) is 0 Å². The lowest BCUT2D eigenvalue weighted by molar-refractivity contribution is -0.137. The number of halogens is 1. The molecule has 1 aliphatic carbocycles. The summed E-state index contributed by atoms with van der Waals surface area (Å²) < 4.78 is 12.8. The van der Waals surface area contributed by atoms with E-state index >= 15 is 0 Å². The lowest BCUT2D eigenvalue weighted by Crippen LogP contribution is -2.41. The van der Waals surface area contributed by atoms with Crippen LogP contribution in [0.25, 0.3) is 0 Å². The van der Waals surface area contributed by atoms with E-state index in [2.05, 4.69) is 0 Å². The molecule has 1 aliphatic rings. The lowest BCUT2D eigenvalue weighted by atomic mass is 9.70. The third-order valence-electron chi connectivity index (χ3n) is 3.34. The quantitative estimate of drug-likeness (QED) is 0.608. The Morgan fingerprint density at radius 3 is 2.05 bits per heavy atom. The Labute approximate surface area is 110 Å². The second-order valence-electron chi connectivity index (χ2n) is 5.75. The molecule has 0 spiro atoms. The summed E-state index contributed by atoms with van der Waals surface area (Å²) in [7, 11) is 0. The molecule has 0 amide bonds. The van der Waals surface area contributed by atoms with Crippen LogP contribution in [-0.2, 0) is 9.59 Å². The third-order valence-corrected chi connectivity index (χ3v) is 3.34. The van der Waals surface area contributed by atoms with Gasteiger partial charge in [0.1, 0.15) is 11.7 Å². The van der Waals surface area contributed by atoms with Gasteiger partial charge in [0.2, 0.25) is 0 Å². The fraction of sp³-hybridized carbons (Fsp3) is 0.400. The molecular formula is C15H15FO3. The predicted octanol–water partition coefficient (Wildman–Crippen LogP) is 2.58. The summed E-state index contributed by atoms with van der Waals surface area (Å²) in [4.78, 5) is 36.2. The van der Waals surface area contributed by atoms with Crippen molar-refractivity contribution in [3.8, 4) is 0 Å². The molecule has 1 fully saturated rings. The Hall–Kier alpha value is -1.84. The number of ketones is 3. The summed E-state index contributed by atoms with van der Waals surface area (Å²) in [6, 6.07) is 4.90. The Morgan fingerprint density at radius 2 is 1.58 bits per heavy atom. The molecule has 0 heterocycles. The molecule has 19 heavy (non-hydrogen) atoms. The normalized spacial score (nSPS) is 19.5. The summed E-state index contributed by atoms with van der Waals surface area (Å²) in [6.45, 7) is 3.67. The van der Waals surface area contributed by atoms with Crippen LogP contribution in [0.1, 0.15) is 37.0 Å². The summed E-state index contributed by atoms with van der Waals surface area (Å²) in [5.74, 6) is -2.87. The second-order valence-corrected chi connectivity index (χ2v) is 5.75. The zero-order chi connectivity index (χ0) is 14.2. The fourth-order valence-corrected chi connectivity index (χ4v) is 2.46. The first-order chi connectivity index (χ1) is 8.80. The molecule has 0 unspecified atom stereocenters. The molecule has 2 rings (SSSR count). The maximum absolute atomic E-state index is 12.8. The molecule has 3 nitrogen and oxygen atoms in total. The number of carbonyl (C=O) groups is 3. The van der Waals surface area contributed by atoms with Gasteiger partial charge in [0, 0.05) is 18.4 Å². The standard InChI is InChI=1S/C15H15FO3/c1-15(2)7-11(17)13(12(18)8-15)14(19)9-3-5-10(16)6-4-9/h3-6,13H,7-8H2,1-2H3. The SMILES string of the molecule is CC1(C)CC(=O)C(C(=O)c2ccc(F)cc2)C(=O)C1. The van der Waals surface area contributed by atoms with E-state index in [4.69, 9.17) is 0 Å². The van der Waals surface area contributed by atoms with E-state index in [1.165, 1.54) is 12.1 Å². The summed E-state index contributed by atoms with van der Waals surface area (Å²) in [6.07, 6.45) is 0.437. The first-order valence-electron chi connectivity index (χ1n) is 6.15. The van der Waals surface area contributed by atoms with Gasteiger partial charge in [0.05, 0.1) is 0 Å². The molecule has 0 atom stereocenters. The zero-order valence-corrected chi connectivity index (χ0v) is 10.9. The van der Waals surface area contributed by atoms with E-state index in [9.17, 15) is 18.8 Å². The average Bonchev–Trinajstić information content (AvgIpc) is 2.26. The van der Waals surface area contributed by atoms with Crippen molar-refractivity contribution < 1.29 is 18.8 Å². The van der Waals surface area contributed by atoms with Gasteiger partial charge in [-0.3, -0.25) is 14.4 Å². The molecule has 0 N–H and O–H groups in total. The van der Waals surface area contributed by atoms with E-state index in [1.807, 2.05) is 13.8 Å². The lowest BCUT2D eigenvalue weighted by Gasteiger charge is -2.31. The average molecular weight is 262 g/mol. The van der Waals surface area contributed by atoms with Gasteiger partial charge in [-0.25, -0.2) is 4.39 Å². The van der Waals surface area contributed by atoms with Gasteiger partial charge < -0.3 is 0 Å². The fourth-order valence-electron chi connectivity index (χ4n) is 2.46. The van der Waals surface area contributed by atoms with Crippen molar-refractivity contribution in [2.24, 2.45) is 11.3 Å². The Balaban J connectivity index is 2.26. The third kappa shape index (κ3) is 2.78. The number of hydrogen-bond donors (Lipinski definition) is 0. The number of rotatable bonds is 2. The highest BCUT2D eigenvalue weighted by atomic mass is 19.1. The second kappa shape index (κ2) is 4.68. The molecule has 0 bridgehead atoms. The van der Waals surface area contributed by atoms with Gasteiger partial charge in [0.25, 0.3) is 0 Å². The van der Waals surface area contributed by atoms with Crippen LogP contribution in [0.15, 0.2) is 24.3 Å². The van der Waals surface area contributed by atoms with Crippen molar-refractivity contribution in [3.05, 3.63) is 35.6 Å². The summed E-state index contributed by atoms with van der Waals surface area (Å²) in [5.41, 5.74) is -0.180. The maximum atomic E-state index is 12.8. The monoisotopic (exact) mass is 262 g/mol. The van der Waals surface area contributed by atoms with Crippen LogP contribution >= 0.6 is 0 Å². The van der Waals surface area contributed by atoms with Gasteiger partial charge in [-0.05, 0) is 29.7 Å². The number of benzene rings is 1. The van der Waals surface area contributed by atoms with E-state index in [0.29, 0.717) is 0 Å². The van der Waals surface area contributed by atoms with Gasteiger partial charge in [-0.2, -0.15) is 0 Å². The van der Waals surface area contributed by atoms with Crippen molar-refractivity contribution in [1.82, 2.24) is 0 Å². The maximum Gasteiger partial charge on any atom is 0.180 e. The van der Waals surface area contributed by atoms with Crippen LogP contribution in [0.2, 0.25) is 0 Å². The van der Waals surface area contributed by atoms with Crippen molar-refractivity contribution >= 4 is 17.3 Å². The van der Waals surface area contributed by atoms with Gasteiger partial charge in [0.15, 0.2) is 17.3 Å². The van der Waals surface area contributed by atoms with Crippen molar-refractivity contribution in [2.45, 2.75) is 26.7 Å². The van der Waals surface area contributed by atoms with Crippen molar-refractivity contribution in [3.63, 3.8) is 0 Å². The Morgan fingerprint density at radius 1 is 1.11 bits per heavy atom. The summed E-state index contributed by atoms with van der Waals surface area (Å²) >= 11 is 0. The molecule has 0 saturated heterocycles. The van der Waals surface area contributed by atoms with Gasteiger partial charge in [-0.1, -0.05) is 13.8 Å². The van der Waals surface area contributed by atoms with Crippen LogP contribution < -0.4 is 0 Å². The molecule has 0 aliphatic heterocycles. The topological polar surface area (TPSA) is 51.2 Å². The highest BCUT2D eigenvalue weighted by Gasteiger charge is 2.43. The Kier molecular flexibility index (Phi) is 3.35. The predicted molar refractivity (Wildman–Crippen MR) is 67.2 cm³/mol. The molecule has 100 valence electrons. The largest absolute Gasteiger partial charge is 0.298 e. The Bertz CT molecular complexity index is 523. The molecule has 0 radical (unpaired) electrons. The molecule has 4 heteroatoms. The summed E-state index contributed by atoms with van der Waals surface area (Å²) in [5, 5.41) is 0. The van der Waals surface area contributed by atoms with E-state index in [-0.39, 0.29) is 35.4 Å².